The molecule has 3 nitrogen and oxygen atoms in total. The summed E-state index contributed by atoms with van der Waals surface area (Å²) in [6.07, 6.45) is 0. The molecule has 0 saturated carbocycles. The van der Waals surface area contributed by atoms with Gasteiger partial charge in [-0.1, -0.05) is 23.2 Å². The van der Waals surface area contributed by atoms with Gasteiger partial charge in [-0.2, -0.15) is 9.61 Å². The maximum Gasteiger partial charge on any atom is 0.237 e. The molecule has 0 fully saturated rings. The lowest BCUT2D eigenvalue weighted by molar-refractivity contribution is 0.571. The SMILES string of the molecule is Cc1nn2c(-c3ccc(Cl)cc3Cl)c(C)oc2c1Br. The fraction of sp³-hybridized carbons (Fsp3) is 0.154. The second-order valence-electron chi connectivity index (χ2n) is 4.25. The topological polar surface area (TPSA) is 30.4 Å². The van der Waals surface area contributed by atoms with E-state index in [0.29, 0.717) is 15.8 Å². The molecule has 0 amide bonds. The molecule has 1 aromatic carbocycles. The van der Waals surface area contributed by atoms with Gasteiger partial charge in [-0.25, -0.2) is 0 Å². The number of rotatable bonds is 1. The lowest BCUT2D eigenvalue weighted by atomic mass is 10.1. The molecule has 6 heteroatoms. The highest BCUT2D eigenvalue weighted by molar-refractivity contribution is 9.10. The first-order valence-electron chi connectivity index (χ1n) is 5.58. The van der Waals surface area contributed by atoms with E-state index in [2.05, 4.69) is 21.0 Å². The Kier molecular flexibility index (Phi) is 3.12. The molecule has 0 aliphatic carbocycles. The summed E-state index contributed by atoms with van der Waals surface area (Å²) in [4.78, 5) is 0. The van der Waals surface area contributed by atoms with Crippen molar-refractivity contribution >= 4 is 44.8 Å². The highest BCUT2D eigenvalue weighted by atomic mass is 79.9. The summed E-state index contributed by atoms with van der Waals surface area (Å²) >= 11 is 15.7. The molecule has 98 valence electrons. The molecule has 2 heterocycles. The van der Waals surface area contributed by atoms with Gasteiger partial charge in [0.1, 0.15) is 15.9 Å². The van der Waals surface area contributed by atoms with E-state index in [1.54, 1.807) is 16.6 Å². The summed E-state index contributed by atoms with van der Waals surface area (Å²) in [6.45, 7) is 3.80. The summed E-state index contributed by atoms with van der Waals surface area (Å²) in [7, 11) is 0. The number of benzene rings is 1. The summed E-state index contributed by atoms with van der Waals surface area (Å²) in [6, 6.07) is 5.38. The van der Waals surface area contributed by atoms with Crippen LogP contribution < -0.4 is 0 Å². The maximum atomic E-state index is 6.26. The molecule has 0 unspecified atom stereocenters. The van der Waals surface area contributed by atoms with Gasteiger partial charge in [-0.3, -0.25) is 0 Å². The van der Waals surface area contributed by atoms with Crippen LogP contribution in [0.25, 0.3) is 17.0 Å². The van der Waals surface area contributed by atoms with E-state index in [-0.39, 0.29) is 0 Å². The van der Waals surface area contributed by atoms with E-state index in [1.807, 2.05) is 19.9 Å². The Morgan fingerprint density at radius 2 is 2.00 bits per heavy atom. The van der Waals surface area contributed by atoms with Gasteiger partial charge in [-0.15, -0.1) is 0 Å². The summed E-state index contributed by atoms with van der Waals surface area (Å²) < 4.78 is 8.36. The Labute approximate surface area is 128 Å². The van der Waals surface area contributed by atoms with Gasteiger partial charge in [0.25, 0.3) is 0 Å². The molecule has 0 spiro atoms. The number of aromatic nitrogens is 2. The van der Waals surface area contributed by atoms with Crippen LogP contribution in [0.1, 0.15) is 11.5 Å². The first kappa shape index (κ1) is 13.0. The largest absolute Gasteiger partial charge is 0.440 e. The number of hydrogen-bond acceptors (Lipinski definition) is 2. The van der Waals surface area contributed by atoms with Gasteiger partial charge in [0.05, 0.1) is 10.7 Å². The Balaban J connectivity index is 2.35. The Hall–Kier alpha value is -0.970. The van der Waals surface area contributed by atoms with Crippen molar-refractivity contribution in [3.8, 4) is 11.3 Å². The van der Waals surface area contributed by atoms with Crippen molar-refractivity contribution in [1.82, 2.24) is 9.61 Å². The number of fused-ring (bicyclic) bond motifs is 1. The van der Waals surface area contributed by atoms with Crippen LogP contribution in [0.4, 0.5) is 0 Å². The van der Waals surface area contributed by atoms with Gasteiger partial charge < -0.3 is 4.42 Å². The van der Waals surface area contributed by atoms with E-state index < -0.39 is 0 Å². The average Bonchev–Trinajstić information content (AvgIpc) is 2.78. The Morgan fingerprint density at radius 1 is 1.26 bits per heavy atom. The molecule has 2 aromatic heterocycles. The lowest BCUT2D eigenvalue weighted by Crippen LogP contribution is -1.91. The first-order valence-corrected chi connectivity index (χ1v) is 7.13. The van der Waals surface area contributed by atoms with Crippen molar-refractivity contribution < 1.29 is 4.42 Å². The minimum absolute atomic E-state index is 0.572. The standard InChI is InChI=1S/C13H9BrCl2N2O/c1-6-11(14)13-18(17-6)12(7(2)19-13)9-4-3-8(15)5-10(9)16/h3-5H,1-2H3. The third-order valence-electron chi connectivity index (χ3n) is 2.93. The summed E-state index contributed by atoms with van der Waals surface area (Å²) in [5.41, 5.74) is 3.23. The van der Waals surface area contributed by atoms with Crippen molar-refractivity contribution in [3.05, 3.63) is 44.2 Å². The van der Waals surface area contributed by atoms with E-state index >= 15 is 0 Å². The number of halogens is 3. The smallest absolute Gasteiger partial charge is 0.237 e. The first-order chi connectivity index (χ1) is 8.99. The number of hydrogen-bond donors (Lipinski definition) is 0. The van der Waals surface area contributed by atoms with Crippen LogP contribution in [-0.2, 0) is 0 Å². The maximum absolute atomic E-state index is 6.26. The minimum Gasteiger partial charge on any atom is -0.440 e. The van der Waals surface area contributed by atoms with Gasteiger partial charge >= 0.3 is 0 Å². The van der Waals surface area contributed by atoms with Crippen molar-refractivity contribution in [3.63, 3.8) is 0 Å². The van der Waals surface area contributed by atoms with Crippen LogP contribution >= 0.6 is 39.1 Å². The second-order valence-corrected chi connectivity index (χ2v) is 5.88. The lowest BCUT2D eigenvalue weighted by Gasteiger charge is -2.03. The van der Waals surface area contributed by atoms with Crippen molar-refractivity contribution in [2.45, 2.75) is 13.8 Å². The van der Waals surface area contributed by atoms with Gasteiger partial charge in [0.2, 0.25) is 5.71 Å². The molecule has 0 radical (unpaired) electrons. The monoisotopic (exact) mass is 358 g/mol. The molecule has 0 N–H and O–H groups in total. The molecular weight excluding hydrogens is 351 g/mol. The molecule has 0 aliphatic rings. The van der Waals surface area contributed by atoms with Crippen LogP contribution in [0, 0.1) is 13.8 Å². The molecule has 3 aromatic rings. The molecule has 0 aliphatic heterocycles. The predicted octanol–water partition coefficient (Wildman–Crippen LogP) is 5.28. The van der Waals surface area contributed by atoms with Gasteiger partial charge in [0.15, 0.2) is 0 Å². The van der Waals surface area contributed by atoms with Gasteiger partial charge in [0, 0.05) is 10.6 Å². The Bertz CT molecular complexity index is 792. The van der Waals surface area contributed by atoms with Crippen molar-refractivity contribution in [2.75, 3.05) is 0 Å². The molecule has 19 heavy (non-hydrogen) atoms. The number of aryl methyl sites for hydroxylation is 2. The fourth-order valence-corrected chi connectivity index (χ4v) is 2.88. The summed E-state index contributed by atoms with van der Waals surface area (Å²) in [5, 5.41) is 5.63. The molecule has 0 bridgehead atoms. The minimum atomic E-state index is 0.572. The van der Waals surface area contributed by atoms with Gasteiger partial charge in [-0.05, 0) is 48.0 Å². The quantitative estimate of drug-likeness (QED) is 0.591. The zero-order valence-electron chi connectivity index (χ0n) is 10.2. The van der Waals surface area contributed by atoms with Crippen molar-refractivity contribution in [1.29, 1.82) is 0 Å². The summed E-state index contributed by atoms with van der Waals surface area (Å²) in [5.74, 6) is 0.757. The molecule has 0 saturated heterocycles. The van der Waals surface area contributed by atoms with E-state index in [4.69, 9.17) is 27.6 Å². The highest BCUT2D eigenvalue weighted by Crippen LogP contribution is 2.36. The van der Waals surface area contributed by atoms with E-state index in [0.717, 1.165) is 27.2 Å². The normalized spacial score (nSPS) is 11.4. The molecule has 0 atom stereocenters. The highest BCUT2D eigenvalue weighted by Gasteiger charge is 2.20. The van der Waals surface area contributed by atoms with Crippen LogP contribution in [0.15, 0.2) is 27.1 Å². The third-order valence-corrected chi connectivity index (χ3v) is 4.39. The second kappa shape index (κ2) is 4.54. The number of nitrogens with zero attached hydrogens (tertiary/aromatic N) is 2. The van der Waals surface area contributed by atoms with Crippen LogP contribution in [-0.4, -0.2) is 9.61 Å². The van der Waals surface area contributed by atoms with Crippen LogP contribution in [0.5, 0.6) is 0 Å². The van der Waals surface area contributed by atoms with E-state index in [9.17, 15) is 0 Å². The molecule has 3 rings (SSSR count). The zero-order valence-corrected chi connectivity index (χ0v) is 13.3. The average molecular weight is 360 g/mol. The Morgan fingerprint density at radius 3 is 2.68 bits per heavy atom. The van der Waals surface area contributed by atoms with E-state index in [1.165, 1.54) is 0 Å². The van der Waals surface area contributed by atoms with Crippen molar-refractivity contribution in [2.24, 2.45) is 0 Å². The zero-order chi connectivity index (χ0) is 13.7. The third kappa shape index (κ3) is 1.98. The van der Waals surface area contributed by atoms with Crippen LogP contribution in [0.2, 0.25) is 10.0 Å². The van der Waals surface area contributed by atoms with Crippen LogP contribution in [0.3, 0.4) is 0 Å². The number of oxazole rings is 1. The predicted molar refractivity (Wildman–Crippen MR) is 80.1 cm³/mol. The fourth-order valence-electron chi connectivity index (χ4n) is 2.05. The molecular formula is C13H9BrCl2N2O.